The number of rotatable bonds is 8. The molecule has 41 heavy (non-hydrogen) atoms. The Hall–Kier alpha value is -2.81. The molecular weight excluding hydrogens is 555 g/mol. The van der Waals surface area contributed by atoms with Gasteiger partial charge in [0.2, 0.25) is 5.95 Å². The topological polar surface area (TPSA) is 120 Å². The Balaban J connectivity index is 1.86. The van der Waals surface area contributed by atoms with Crippen LogP contribution in [0.25, 0.3) is 11.2 Å². The number of benzene rings is 1. The van der Waals surface area contributed by atoms with Gasteiger partial charge in [0.25, 0.3) is 25.8 Å². The first-order valence-corrected chi connectivity index (χ1v) is 20.1. The average molecular weight is 600 g/mol. The van der Waals surface area contributed by atoms with Crippen LogP contribution in [0.5, 0.6) is 6.01 Å². The van der Waals surface area contributed by atoms with Crippen LogP contribution in [-0.2, 0) is 14.9 Å². The number of aromatic nitrogens is 4. The second-order valence-corrected chi connectivity index (χ2v) is 23.5. The van der Waals surface area contributed by atoms with Crippen LogP contribution in [-0.4, -0.2) is 55.3 Å². The molecule has 1 unspecified atom stereocenters. The molecule has 1 aliphatic rings. The number of anilines is 1. The third kappa shape index (κ3) is 6.20. The molecule has 0 saturated carbocycles. The van der Waals surface area contributed by atoms with E-state index >= 15 is 0 Å². The lowest BCUT2D eigenvalue weighted by Gasteiger charge is -2.40. The van der Waals surface area contributed by atoms with Gasteiger partial charge in [0.1, 0.15) is 0 Å². The summed E-state index contributed by atoms with van der Waals surface area (Å²) in [7, 11) is -4.46. The van der Waals surface area contributed by atoms with Gasteiger partial charge in [-0.15, -0.1) is 0 Å². The molecule has 3 aromatic rings. The monoisotopic (exact) mass is 599 g/mol. The van der Waals surface area contributed by atoms with Gasteiger partial charge in [0, 0.05) is 18.6 Å². The number of amides is 1. The third-order valence-corrected chi connectivity index (χ3v) is 17.7. The molecule has 0 aliphatic carbocycles. The van der Waals surface area contributed by atoms with Crippen molar-refractivity contribution in [1.82, 2.24) is 19.5 Å². The summed E-state index contributed by atoms with van der Waals surface area (Å²) in [5.41, 5.74) is -0.744. The van der Waals surface area contributed by atoms with E-state index in [2.05, 4.69) is 83.0 Å². The maximum Gasteiger partial charge on any atom is 0.283 e. The van der Waals surface area contributed by atoms with Crippen molar-refractivity contribution in [2.45, 2.75) is 96.4 Å². The van der Waals surface area contributed by atoms with E-state index in [1.807, 2.05) is 6.07 Å². The molecule has 0 radical (unpaired) electrons. The van der Waals surface area contributed by atoms with Gasteiger partial charge >= 0.3 is 0 Å². The minimum atomic E-state index is -2.26. The minimum Gasteiger partial charge on any atom is -0.518 e. The predicted molar refractivity (Wildman–Crippen MR) is 167 cm³/mol. The predicted octanol–water partition coefficient (Wildman–Crippen LogP) is 6.24. The molecule has 1 aliphatic heterocycles. The van der Waals surface area contributed by atoms with Crippen LogP contribution < -0.4 is 15.3 Å². The molecule has 12 heteroatoms. The number of hydrogen-bond acceptors (Lipinski definition) is 7. The first-order chi connectivity index (χ1) is 18.9. The van der Waals surface area contributed by atoms with Gasteiger partial charge in [0.05, 0.1) is 6.61 Å². The van der Waals surface area contributed by atoms with Crippen molar-refractivity contribution in [2.75, 3.05) is 18.5 Å². The van der Waals surface area contributed by atoms with Crippen LogP contribution in [0.3, 0.4) is 0 Å². The van der Waals surface area contributed by atoms with E-state index in [1.54, 1.807) is 24.3 Å². The summed E-state index contributed by atoms with van der Waals surface area (Å²) in [5.74, 6) is -0.334. The quantitative estimate of drug-likeness (QED) is 0.294. The number of aromatic amines is 1. The molecule has 224 valence electrons. The zero-order chi connectivity index (χ0) is 30.4. The van der Waals surface area contributed by atoms with Gasteiger partial charge in [0.15, 0.2) is 25.2 Å². The Labute approximate surface area is 244 Å². The lowest BCUT2D eigenvalue weighted by Crippen LogP contribution is -2.50. The van der Waals surface area contributed by atoms with E-state index in [0.29, 0.717) is 18.6 Å². The second kappa shape index (κ2) is 10.8. The van der Waals surface area contributed by atoms with Gasteiger partial charge in [-0.25, -0.2) is 4.57 Å². The molecule has 10 nitrogen and oxygen atoms in total. The first-order valence-electron chi connectivity index (χ1n) is 14.2. The summed E-state index contributed by atoms with van der Waals surface area (Å²) < 4.78 is 20.8. The number of hydrogen-bond donors (Lipinski definition) is 2. The number of H-pyrrole nitrogens is 1. The van der Waals surface area contributed by atoms with Crippen molar-refractivity contribution in [1.29, 1.82) is 0 Å². The van der Waals surface area contributed by atoms with Crippen LogP contribution in [0, 0.1) is 0 Å². The summed E-state index contributed by atoms with van der Waals surface area (Å²) in [4.78, 5) is 39.9. The molecule has 4 rings (SSSR count). The minimum absolute atomic E-state index is 0.0380. The van der Waals surface area contributed by atoms with E-state index in [-0.39, 0.29) is 39.8 Å². The van der Waals surface area contributed by atoms with E-state index < -0.39 is 33.8 Å². The fourth-order valence-corrected chi connectivity index (χ4v) is 6.05. The van der Waals surface area contributed by atoms with Crippen molar-refractivity contribution in [3.05, 3.63) is 46.2 Å². The summed E-state index contributed by atoms with van der Waals surface area (Å²) in [6.45, 7) is 22.1. The van der Waals surface area contributed by atoms with E-state index in [1.165, 1.54) is 4.57 Å². The first kappa shape index (κ1) is 31.1. The van der Waals surface area contributed by atoms with Gasteiger partial charge < -0.3 is 18.6 Å². The third-order valence-electron chi connectivity index (χ3n) is 8.88. The molecule has 1 fully saturated rings. The Morgan fingerprint density at radius 3 is 2.24 bits per heavy atom. The number of imidazole rings is 1. The highest BCUT2D eigenvalue weighted by Crippen LogP contribution is 2.40. The fourth-order valence-electron chi connectivity index (χ4n) is 4.15. The van der Waals surface area contributed by atoms with Crippen molar-refractivity contribution in [2.24, 2.45) is 0 Å². The standard InChI is InChI=1S/C29H45N5O5Si2/c1-27(2,3)40(7,8)38-19-29(17-14-18-37-29)34-24(36)21-22(32-26(30-21)39-41(9,10)28(4,5)6)31-25(34)33-23(35)20-15-12-11-13-16-20/h11-13,15-16H,14,17-19H2,1-10H3,(H,30,32)(H,31,33,35). The molecule has 2 N–H and O–H groups in total. The number of nitrogens with zero attached hydrogens (tertiary/aromatic N) is 3. The van der Waals surface area contributed by atoms with Gasteiger partial charge in [-0.05, 0) is 54.8 Å². The van der Waals surface area contributed by atoms with Gasteiger partial charge in [-0.1, -0.05) is 59.7 Å². The number of fused-ring (bicyclic) bond motifs is 1. The number of ether oxygens (including phenoxy) is 1. The number of nitrogens with one attached hydrogen (secondary N) is 2. The maximum atomic E-state index is 14.3. The smallest absolute Gasteiger partial charge is 0.283 e. The molecule has 1 atom stereocenters. The van der Waals surface area contributed by atoms with E-state index in [9.17, 15) is 9.59 Å². The molecule has 1 aromatic carbocycles. The molecule has 0 bridgehead atoms. The van der Waals surface area contributed by atoms with Crippen LogP contribution in [0.1, 0.15) is 64.7 Å². The van der Waals surface area contributed by atoms with Gasteiger partial charge in [-0.2, -0.15) is 9.97 Å². The molecule has 1 saturated heterocycles. The Morgan fingerprint density at radius 2 is 1.68 bits per heavy atom. The van der Waals surface area contributed by atoms with Crippen molar-refractivity contribution < 1.29 is 18.4 Å². The summed E-state index contributed by atoms with van der Waals surface area (Å²) in [5, 5.41) is 2.76. The van der Waals surface area contributed by atoms with E-state index in [4.69, 9.17) is 18.6 Å². The van der Waals surface area contributed by atoms with Crippen molar-refractivity contribution in [3.8, 4) is 6.01 Å². The maximum absolute atomic E-state index is 14.3. The molecule has 0 spiro atoms. The van der Waals surface area contributed by atoms with Gasteiger partial charge in [-0.3, -0.25) is 14.9 Å². The SMILES string of the molecule is CC(C)(C)[Si](C)(C)OCC1(n2c(NC(=O)c3ccccc3)nc3nc(O[Si](C)(C)C(C)(C)C)[nH]c3c2=O)CCCO1. The highest BCUT2D eigenvalue weighted by molar-refractivity contribution is 6.74. The summed E-state index contributed by atoms with van der Waals surface area (Å²) in [6.07, 6.45) is 1.27. The van der Waals surface area contributed by atoms with Crippen LogP contribution >= 0.6 is 0 Å². The summed E-state index contributed by atoms with van der Waals surface area (Å²) >= 11 is 0. The zero-order valence-electron chi connectivity index (χ0n) is 26.1. The number of carbonyl (C=O) groups excluding carboxylic acids is 1. The highest BCUT2D eigenvalue weighted by atomic mass is 28.4. The molecule has 1 amide bonds. The molecule has 2 aromatic heterocycles. The highest BCUT2D eigenvalue weighted by Gasteiger charge is 2.46. The second-order valence-electron chi connectivity index (χ2n) is 13.9. The van der Waals surface area contributed by atoms with Crippen molar-refractivity contribution in [3.63, 3.8) is 0 Å². The zero-order valence-corrected chi connectivity index (χ0v) is 28.1. The fraction of sp³-hybridized carbons (Fsp3) is 0.586. The lowest BCUT2D eigenvalue weighted by molar-refractivity contribution is -0.0962. The van der Waals surface area contributed by atoms with Crippen LogP contribution in [0.2, 0.25) is 36.3 Å². The van der Waals surface area contributed by atoms with Crippen LogP contribution in [0.4, 0.5) is 5.95 Å². The van der Waals surface area contributed by atoms with E-state index in [0.717, 1.165) is 6.42 Å². The Kier molecular flexibility index (Phi) is 8.20. The molecular formula is C29H45N5O5Si2. The largest absolute Gasteiger partial charge is 0.518 e. The van der Waals surface area contributed by atoms with Crippen LogP contribution in [0.15, 0.2) is 35.1 Å². The Bertz CT molecular complexity index is 1460. The summed E-state index contributed by atoms with van der Waals surface area (Å²) in [6, 6.07) is 9.06. The normalized spacial score (nSPS) is 18.6. The lowest BCUT2D eigenvalue weighted by atomic mass is 10.1. The van der Waals surface area contributed by atoms with Crippen molar-refractivity contribution >= 4 is 39.7 Å². The number of carbonyl (C=O) groups is 1. The average Bonchev–Trinajstić information content (AvgIpc) is 3.49. The molecule has 3 heterocycles. The Morgan fingerprint density at radius 1 is 1.05 bits per heavy atom.